The molecule has 2 aromatic rings. The second kappa shape index (κ2) is 8.69. The van der Waals surface area contributed by atoms with Gasteiger partial charge in [-0.25, -0.2) is 4.68 Å². The number of piperidine rings is 1. The lowest BCUT2D eigenvalue weighted by molar-refractivity contribution is -0.127. The largest absolute Gasteiger partial charge is 0.370 e. The Morgan fingerprint density at radius 2 is 1.79 bits per heavy atom. The van der Waals surface area contributed by atoms with Crippen LogP contribution in [0.15, 0.2) is 24.8 Å². The molecule has 7 nitrogen and oxygen atoms in total. The number of primary amides is 1. The quantitative estimate of drug-likeness (QED) is 0.601. The monoisotopic (exact) mass is 487 g/mol. The summed E-state index contributed by atoms with van der Waals surface area (Å²) in [6, 6.07) is 3.80. The van der Waals surface area contributed by atoms with Crippen LogP contribution in [0.1, 0.15) is 60.0 Å². The fraction of sp³-hybridized carbons (Fsp3) is 0.458. The van der Waals surface area contributed by atoms with Crippen molar-refractivity contribution in [1.82, 2.24) is 14.7 Å². The Balaban J connectivity index is 1.50. The minimum atomic E-state index is -0.538. The summed E-state index contributed by atoms with van der Waals surface area (Å²) in [6.45, 7) is 5.70. The molecule has 0 bridgehead atoms. The fourth-order valence-electron chi connectivity index (χ4n) is 5.29. The number of carbonyl (C=O) groups is 2. The number of hydrogen-bond acceptors (Lipinski definition) is 4. The number of likely N-dealkylation sites (tertiary alicyclic amines) is 1. The first kappa shape index (κ1) is 22.3. The van der Waals surface area contributed by atoms with E-state index in [2.05, 4.69) is 11.9 Å². The topological polar surface area (TPSA) is 93.2 Å². The van der Waals surface area contributed by atoms with Gasteiger partial charge < -0.3 is 16.0 Å². The Kier molecular flexibility index (Phi) is 5.87. The van der Waals surface area contributed by atoms with E-state index in [1.807, 2.05) is 21.7 Å². The number of anilines is 1. The van der Waals surface area contributed by atoms with E-state index < -0.39 is 5.91 Å². The first-order chi connectivity index (χ1) is 15.9. The van der Waals surface area contributed by atoms with Crippen LogP contribution in [0.3, 0.4) is 0 Å². The summed E-state index contributed by atoms with van der Waals surface area (Å²) in [6.07, 6.45) is 6.18. The van der Waals surface area contributed by atoms with Crippen LogP contribution >= 0.6 is 23.2 Å². The average molecular weight is 488 g/mol. The number of hydrogen-bond donors (Lipinski definition) is 2. The highest BCUT2D eigenvalue weighted by molar-refractivity contribution is 6.36. The van der Waals surface area contributed by atoms with Crippen LogP contribution in [0, 0.1) is 5.92 Å². The second-order valence-corrected chi connectivity index (χ2v) is 9.97. The SMILES string of the molecule is C=CC(=O)N1CCC(C2CCNc3c(C(N)=O)c(-c4cc(Cl)c(C5CC5)c(Cl)c4)nn32)CC1. The van der Waals surface area contributed by atoms with Gasteiger partial charge in [0, 0.05) is 35.2 Å². The molecule has 2 amide bonds. The molecule has 1 saturated heterocycles. The molecular weight excluding hydrogens is 461 g/mol. The van der Waals surface area contributed by atoms with Gasteiger partial charge in [-0.1, -0.05) is 29.8 Å². The highest BCUT2D eigenvalue weighted by Gasteiger charge is 2.36. The number of fused-ring (bicyclic) bond motifs is 1. The first-order valence-electron chi connectivity index (χ1n) is 11.5. The van der Waals surface area contributed by atoms with Gasteiger partial charge in [0.25, 0.3) is 5.91 Å². The van der Waals surface area contributed by atoms with Crippen molar-refractivity contribution in [2.75, 3.05) is 25.0 Å². The summed E-state index contributed by atoms with van der Waals surface area (Å²) < 4.78 is 1.92. The molecule has 0 spiro atoms. The third-order valence-corrected chi connectivity index (χ3v) is 7.74. The lowest BCUT2D eigenvalue weighted by Crippen LogP contribution is -2.41. The van der Waals surface area contributed by atoms with Gasteiger partial charge in [0.15, 0.2) is 0 Å². The number of nitrogens with one attached hydrogen (secondary N) is 1. The van der Waals surface area contributed by atoms with E-state index in [9.17, 15) is 9.59 Å². The number of halogens is 2. The van der Waals surface area contributed by atoms with E-state index in [0.29, 0.717) is 57.6 Å². The maximum absolute atomic E-state index is 12.5. The van der Waals surface area contributed by atoms with Crippen molar-refractivity contribution in [3.05, 3.63) is 46.0 Å². The third kappa shape index (κ3) is 4.02. The Bertz CT molecular complexity index is 1110. The Hall–Kier alpha value is -2.51. The molecule has 3 heterocycles. The number of carbonyl (C=O) groups excluding carboxylic acids is 2. The highest BCUT2D eigenvalue weighted by Crippen LogP contribution is 2.48. The summed E-state index contributed by atoms with van der Waals surface area (Å²) in [7, 11) is 0. The maximum atomic E-state index is 12.5. The van der Waals surface area contributed by atoms with Crippen LogP contribution in [-0.2, 0) is 4.79 Å². The number of aromatic nitrogens is 2. The predicted molar refractivity (Wildman–Crippen MR) is 130 cm³/mol. The zero-order valence-corrected chi connectivity index (χ0v) is 19.8. The van der Waals surface area contributed by atoms with E-state index in [-0.39, 0.29) is 11.9 Å². The molecule has 33 heavy (non-hydrogen) atoms. The van der Waals surface area contributed by atoms with Crippen LogP contribution in [-0.4, -0.2) is 46.1 Å². The second-order valence-electron chi connectivity index (χ2n) is 9.16. The molecular formula is C24H27Cl2N5O2. The molecule has 1 aliphatic carbocycles. The zero-order chi connectivity index (χ0) is 23.3. The van der Waals surface area contributed by atoms with Gasteiger partial charge in [-0.15, -0.1) is 0 Å². The van der Waals surface area contributed by atoms with Crippen LogP contribution < -0.4 is 11.1 Å². The normalized spacial score (nSPS) is 20.8. The van der Waals surface area contributed by atoms with Crippen LogP contribution in [0.2, 0.25) is 10.0 Å². The third-order valence-electron chi connectivity index (χ3n) is 7.11. The van der Waals surface area contributed by atoms with E-state index >= 15 is 0 Å². The summed E-state index contributed by atoms with van der Waals surface area (Å²) in [5.41, 5.74) is 8.36. The van der Waals surface area contributed by atoms with Crippen molar-refractivity contribution in [1.29, 1.82) is 0 Å². The van der Waals surface area contributed by atoms with Gasteiger partial charge >= 0.3 is 0 Å². The van der Waals surface area contributed by atoms with Gasteiger partial charge in [-0.3, -0.25) is 9.59 Å². The smallest absolute Gasteiger partial charge is 0.254 e. The number of nitrogens with zero attached hydrogens (tertiary/aromatic N) is 3. The zero-order valence-electron chi connectivity index (χ0n) is 18.3. The average Bonchev–Trinajstić information content (AvgIpc) is 3.55. The van der Waals surface area contributed by atoms with Crippen molar-refractivity contribution in [3.63, 3.8) is 0 Å². The van der Waals surface area contributed by atoms with Gasteiger partial charge in [0.05, 0.1) is 6.04 Å². The molecule has 0 radical (unpaired) electrons. The van der Waals surface area contributed by atoms with Gasteiger partial charge in [-0.2, -0.15) is 5.10 Å². The molecule has 2 aliphatic heterocycles. The number of amides is 2. The summed E-state index contributed by atoms with van der Waals surface area (Å²) in [4.78, 5) is 26.3. The molecule has 3 N–H and O–H groups in total. The lowest BCUT2D eigenvalue weighted by atomic mass is 9.87. The maximum Gasteiger partial charge on any atom is 0.254 e. The number of benzene rings is 1. The molecule has 1 aromatic heterocycles. The molecule has 1 unspecified atom stereocenters. The Labute approximate surface area is 202 Å². The van der Waals surface area contributed by atoms with E-state index in [1.54, 1.807) is 0 Å². The summed E-state index contributed by atoms with van der Waals surface area (Å²) in [5.74, 6) is 0.841. The molecule has 9 heteroatoms. The summed E-state index contributed by atoms with van der Waals surface area (Å²) in [5, 5.41) is 9.42. The van der Waals surface area contributed by atoms with Gasteiger partial charge in [0.1, 0.15) is 17.1 Å². The molecule has 3 aliphatic rings. The molecule has 5 rings (SSSR count). The van der Waals surface area contributed by atoms with Crippen LogP contribution in [0.5, 0.6) is 0 Å². The van der Waals surface area contributed by atoms with E-state index in [0.717, 1.165) is 44.2 Å². The molecule has 1 saturated carbocycles. The molecule has 2 fully saturated rings. The molecule has 1 aromatic carbocycles. The molecule has 1 atom stereocenters. The summed E-state index contributed by atoms with van der Waals surface area (Å²) >= 11 is 13.2. The van der Waals surface area contributed by atoms with E-state index in [4.69, 9.17) is 34.0 Å². The van der Waals surface area contributed by atoms with Gasteiger partial charge in [0.2, 0.25) is 5.91 Å². The van der Waals surface area contributed by atoms with Crippen molar-refractivity contribution >= 4 is 40.8 Å². The standard InChI is InChI=1S/C24H27Cl2N5O2/c1-2-19(32)30-9-6-13(7-10-30)18-5-8-28-24-21(23(27)33)22(29-31(18)24)15-11-16(25)20(14-3-4-14)17(26)12-15/h2,11-14,18,28H,1,3-10H2,(H2,27,33). The van der Waals surface area contributed by atoms with E-state index in [1.165, 1.54) is 6.08 Å². The lowest BCUT2D eigenvalue weighted by Gasteiger charge is -2.38. The minimum absolute atomic E-state index is 0.0276. The fourth-order valence-corrected chi connectivity index (χ4v) is 6.09. The number of rotatable bonds is 5. The van der Waals surface area contributed by atoms with Crippen LogP contribution in [0.4, 0.5) is 5.82 Å². The highest BCUT2D eigenvalue weighted by atomic mass is 35.5. The van der Waals surface area contributed by atoms with Crippen molar-refractivity contribution in [2.24, 2.45) is 11.7 Å². The van der Waals surface area contributed by atoms with Gasteiger partial charge in [-0.05, 0) is 67.7 Å². The number of nitrogens with two attached hydrogens (primary N) is 1. The Morgan fingerprint density at radius 3 is 2.36 bits per heavy atom. The minimum Gasteiger partial charge on any atom is -0.370 e. The first-order valence-corrected chi connectivity index (χ1v) is 12.2. The van der Waals surface area contributed by atoms with Crippen molar-refractivity contribution < 1.29 is 9.59 Å². The molecule has 174 valence electrons. The Morgan fingerprint density at radius 1 is 1.12 bits per heavy atom. The van der Waals surface area contributed by atoms with Crippen molar-refractivity contribution in [3.8, 4) is 11.3 Å². The van der Waals surface area contributed by atoms with Crippen LogP contribution in [0.25, 0.3) is 11.3 Å². The van der Waals surface area contributed by atoms with Crippen molar-refractivity contribution in [2.45, 2.75) is 44.1 Å². The predicted octanol–water partition coefficient (Wildman–Crippen LogP) is 4.61.